The van der Waals surface area contributed by atoms with Crippen molar-refractivity contribution in [1.82, 2.24) is 5.43 Å². The van der Waals surface area contributed by atoms with Gasteiger partial charge in [-0.15, -0.1) is 0 Å². The van der Waals surface area contributed by atoms with Gasteiger partial charge in [0.05, 0.1) is 0 Å². The molecule has 1 aliphatic heterocycles. The standard InChI is InChI=1S/C5H4F6N2/c6-4(7,8)2-1-3(13-12-2)5(9,10)11/h2,12H,1H2. The average molecular weight is 206 g/mol. The van der Waals surface area contributed by atoms with Gasteiger partial charge < -0.3 is 0 Å². The van der Waals surface area contributed by atoms with Gasteiger partial charge >= 0.3 is 12.4 Å². The zero-order valence-corrected chi connectivity index (χ0v) is 6.00. The molecule has 0 amide bonds. The zero-order valence-electron chi connectivity index (χ0n) is 6.00. The van der Waals surface area contributed by atoms with Crippen molar-refractivity contribution in [2.45, 2.75) is 24.8 Å². The lowest BCUT2D eigenvalue weighted by Crippen LogP contribution is -2.37. The van der Waals surface area contributed by atoms with E-state index in [9.17, 15) is 26.3 Å². The van der Waals surface area contributed by atoms with Gasteiger partial charge in [-0.3, -0.25) is 5.43 Å². The Labute approximate surface area is 68.6 Å². The second-order valence-electron chi connectivity index (χ2n) is 2.48. The maximum atomic E-state index is 11.8. The van der Waals surface area contributed by atoms with Gasteiger partial charge in [0.1, 0.15) is 11.8 Å². The predicted octanol–water partition coefficient (Wildman–Crippen LogP) is 1.83. The first-order valence-electron chi connectivity index (χ1n) is 3.17. The molecule has 1 N–H and O–H groups in total. The monoisotopic (exact) mass is 206 g/mol. The first-order valence-corrected chi connectivity index (χ1v) is 3.17. The molecule has 76 valence electrons. The summed E-state index contributed by atoms with van der Waals surface area (Å²) in [6.45, 7) is 0. The molecular weight excluding hydrogens is 202 g/mol. The Hall–Kier alpha value is -0.950. The molecule has 0 saturated heterocycles. The normalized spacial score (nSPS) is 24.2. The van der Waals surface area contributed by atoms with Crippen LogP contribution in [0.15, 0.2) is 5.10 Å². The number of hydrazone groups is 1. The molecular formula is C5H4F6N2. The summed E-state index contributed by atoms with van der Waals surface area (Å²) in [7, 11) is 0. The fourth-order valence-electron chi connectivity index (χ4n) is 0.809. The molecule has 1 atom stereocenters. The Morgan fingerprint density at radius 2 is 1.69 bits per heavy atom. The molecule has 0 spiro atoms. The van der Waals surface area contributed by atoms with Gasteiger partial charge in [-0.2, -0.15) is 31.4 Å². The van der Waals surface area contributed by atoms with Gasteiger partial charge in [0.2, 0.25) is 0 Å². The fourth-order valence-corrected chi connectivity index (χ4v) is 0.809. The van der Waals surface area contributed by atoms with Crippen LogP contribution >= 0.6 is 0 Å². The maximum absolute atomic E-state index is 11.8. The van der Waals surface area contributed by atoms with Crippen molar-refractivity contribution in [1.29, 1.82) is 0 Å². The highest BCUT2D eigenvalue weighted by molar-refractivity contribution is 5.91. The fraction of sp³-hybridized carbons (Fsp3) is 0.800. The van der Waals surface area contributed by atoms with Gasteiger partial charge in [-0.05, 0) is 0 Å². The molecule has 0 aromatic heterocycles. The molecule has 0 aromatic rings. The average Bonchev–Trinajstić information content (AvgIpc) is 2.28. The molecule has 0 aliphatic carbocycles. The zero-order chi connectivity index (χ0) is 10.3. The topological polar surface area (TPSA) is 24.4 Å². The quantitative estimate of drug-likeness (QED) is 0.600. The molecule has 0 radical (unpaired) electrons. The van der Waals surface area contributed by atoms with Gasteiger partial charge in [-0.1, -0.05) is 0 Å². The van der Waals surface area contributed by atoms with Gasteiger partial charge in [0.15, 0.2) is 0 Å². The van der Waals surface area contributed by atoms with Crippen molar-refractivity contribution in [2.75, 3.05) is 0 Å². The number of hydrogen-bond acceptors (Lipinski definition) is 2. The minimum atomic E-state index is -4.78. The van der Waals surface area contributed by atoms with Crippen molar-refractivity contribution in [3.05, 3.63) is 0 Å². The highest BCUT2D eigenvalue weighted by Gasteiger charge is 2.49. The van der Waals surface area contributed by atoms with Crippen LogP contribution in [0.25, 0.3) is 0 Å². The van der Waals surface area contributed by atoms with E-state index in [1.807, 2.05) is 0 Å². The Bertz CT molecular complexity index is 226. The third-order valence-corrected chi connectivity index (χ3v) is 1.48. The Kier molecular flexibility index (Phi) is 2.16. The lowest BCUT2D eigenvalue weighted by molar-refractivity contribution is -0.152. The second kappa shape index (κ2) is 2.78. The summed E-state index contributed by atoms with van der Waals surface area (Å²) in [5.41, 5.74) is -0.0253. The molecule has 0 saturated carbocycles. The molecule has 2 nitrogen and oxygen atoms in total. The van der Waals surface area contributed by atoms with Crippen molar-refractivity contribution in [3.8, 4) is 0 Å². The van der Waals surface area contributed by atoms with Crippen LogP contribution in [-0.4, -0.2) is 24.1 Å². The molecule has 1 aliphatic rings. The first-order chi connectivity index (χ1) is 5.71. The van der Waals surface area contributed by atoms with E-state index in [0.29, 0.717) is 0 Å². The molecule has 0 aromatic carbocycles. The Morgan fingerprint density at radius 1 is 1.15 bits per heavy atom. The van der Waals surface area contributed by atoms with E-state index in [1.54, 1.807) is 0 Å². The molecule has 13 heavy (non-hydrogen) atoms. The number of halogens is 6. The summed E-state index contributed by atoms with van der Waals surface area (Å²) in [5, 5.41) is 2.58. The van der Waals surface area contributed by atoms with Crippen LogP contribution < -0.4 is 5.43 Å². The number of alkyl halides is 6. The van der Waals surface area contributed by atoms with Crippen molar-refractivity contribution < 1.29 is 26.3 Å². The van der Waals surface area contributed by atoms with Gasteiger partial charge in [0, 0.05) is 6.42 Å². The SMILES string of the molecule is FC(F)(F)C1=NNC(C(F)(F)F)C1. The molecule has 1 rings (SSSR count). The van der Waals surface area contributed by atoms with Crippen molar-refractivity contribution in [2.24, 2.45) is 5.10 Å². The predicted molar refractivity (Wildman–Crippen MR) is 31.1 cm³/mol. The van der Waals surface area contributed by atoms with E-state index in [-0.39, 0.29) is 0 Å². The Morgan fingerprint density at radius 3 is 1.92 bits per heavy atom. The van der Waals surface area contributed by atoms with E-state index in [0.717, 1.165) is 0 Å². The summed E-state index contributed by atoms with van der Waals surface area (Å²) >= 11 is 0. The summed E-state index contributed by atoms with van der Waals surface area (Å²) in [6, 6.07) is -2.22. The molecule has 1 unspecified atom stereocenters. The highest BCUT2D eigenvalue weighted by atomic mass is 19.4. The van der Waals surface area contributed by atoms with Crippen LogP contribution in [-0.2, 0) is 0 Å². The van der Waals surface area contributed by atoms with Crippen LogP contribution in [0, 0.1) is 0 Å². The van der Waals surface area contributed by atoms with Crippen LogP contribution in [0.5, 0.6) is 0 Å². The minimum Gasteiger partial charge on any atom is -0.297 e. The number of nitrogens with one attached hydrogen (secondary N) is 1. The molecule has 8 heteroatoms. The lowest BCUT2D eigenvalue weighted by atomic mass is 10.1. The molecule has 0 fully saturated rings. The highest BCUT2D eigenvalue weighted by Crippen LogP contribution is 2.30. The lowest BCUT2D eigenvalue weighted by Gasteiger charge is -2.13. The number of nitrogens with zero attached hydrogens (tertiary/aromatic N) is 1. The summed E-state index contributed by atoms with van der Waals surface area (Å²) in [6.07, 6.45) is -10.6. The third kappa shape index (κ3) is 2.25. The summed E-state index contributed by atoms with van der Waals surface area (Å²) in [4.78, 5) is 0. The van der Waals surface area contributed by atoms with E-state index in [4.69, 9.17) is 0 Å². The number of rotatable bonds is 0. The maximum Gasteiger partial charge on any atom is 0.431 e. The second-order valence-corrected chi connectivity index (χ2v) is 2.48. The van der Waals surface area contributed by atoms with Crippen LogP contribution in [0.3, 0.4) is 0 Å². The first kappa shape index (κ1) is 10.1. The van der Waals surface area contributed by atoms with Crippen molar-refractivity contribution in [3.63, 3.8) is 0 Å². The molecule has 0 bridgehead atoms. The molecule has 1 heterocycles. The van der Waals surface area contributed by atoms with Crippen LogP contribution in [0.2, 0.25) is 0 Å². The Balaban J connectivity index is 2.63. The van der Waals surface area contributed by atoms with E-state index in [2.05, 4.69) is 5.10 Å². The van der Waals surface area contributed by atoms with E-state index >= 15 is 0 Å². The summed E-state index contributed by atoms with van der Waals surface area (Å²) < 4.78 is 70.8. The smallest absolute Gasteiger partial charge is 0.297 e. The van der Waals surface area contributed by atoms with Crippen LogP contribution in [0.4, 0.5) is 26.3 Å². The van der Waals surface area contributed by atoms with Gasteiger partial charge in [-0.25, -0.2) is 0 Å². The minimum absolute atomic E-state index is 1.16. The van der Waals surface area contributed by atoms with E-state index < -0.39 is 30.5 Å². The third-order valence-electron chi connectivity index (χ3n) is 1.48. The largest absolute Gasteiger partial charge is 0.431 e. The van der Waals surface area contributed by atoms with Gasteiger partial charge in [0.25, 0.3) is 0 Å². The van der Waals surface area contributed by atoms with Crippen molar-refractivity contribution >= 4 is 5.71 Å². The number of hydrogen-bond donors (Lipinski definition) is 1. The van der Waals surface area contributed by atoms with Crippen LogP contribution in [0.1, 0.15) is 6.42 Å². The summed E-state index contributed by atoms with van der Waals surface area (Å²) in [5.74, 6) is 0. The van der Waals surface area contributed by atoms with E-state index in [1.165, 1.54) is 5.43 Å².